The van der Waals surface area contributed by atoms with Crippen molar-refractivity contribution in [1.82, 2.24) is 4.84 Å². The number of halogens is 2. The molecule has 1 atom stereocenters. The van der Waals surface area contributed by atoms with Gasteiger partial charge in [-0.25, -0.2) is 4.84 Å². The minimum atomic E-state index is -0.949. The number of carboxylic acids is 1. The highest BCUT2D eigenvalue weighted by Gasteiger charge is 2.05. The molecule has 0 fully saturated rings. The largest absolute Gasteiger partial charge is 0.480 e. The van der Waals surface area contributed by atoms with Crippen LogP contribution in [0, 0.1) is 0 Å². The molecular weight excluding hydrogens is 153 g/mol. The van der Waals surface area contributed by atoms with Gasteiger partial charge in [-0.2, -0.15) is 0 Å². The molecule has 0 spiro atoms. The van der Waals surface area contributed by atoms with Gasteiger partial charge in [0.05, 0.1) is 0 Å². The van der Waals surface area contributed by atoms with E-state index in [1.807, 2.05) is 4.84 Å². The zero-order valence-corrected chi connectivity index (χ0v) is 5.79. The van der Waals surface area contributed by atoms with Crippen LogP contribution in [0.1, 0.15) is 6.92 Å². The van der Waals surface area contributed by atoms with Crippen LogP contribution in [0.25, 0.3) is 0 Å². The molecular formula is C3H7Cl2NO2. The smallest absolute Gasteiger partial charge is 0.321 e. The van der Waals surface area contributed by atoms with Crippen molar-refractivity contribution < 1.29 is 9.90 Å². The minimum absolute atomic E-state index is 0. The summed E-state index contributed by atoms with van der Waals surface area (Å²) in [4.78, 5) is 11.8. The maximum absolute atomic E-state index is 9.78. The van der Waals surface area contributed by atoms with Crippen LogP contribution in [0.3, 0.4) is 0 Å². The van der Waals surface area contributed by atoms with Crippen LogP contribution in [-0.4, -0.2) is 17.1 Å². The Balaban J connectivity index is 0. The van der Waals surface area contributed by atoms with Crippen molar-refractivity contribution in [2.75, 3.05) is 0 Å². The fourth-order valence-electron chi connectivity index (χ4n) is 0.0467. The van der Waals surface area contributed by atoms with Gasteiger partial charge in [0.2, 0.25) is 0 Å². The van der Waals surface area contributed by atoms with Crippen LogP contribution in [0.5, 0.6) is 0 Å². The number of rotatable bonds is 2. The maximum Gasteiger partial charge on any atom is 0.321 e. The number of carbonyl (C=O) groups is 1. The molecule has 0 saturated carbocycles. The first-order valence-electron chi connectivity index (χ1n) is 1.77. The van der Waals surface area contributed by atoms with Crippen LogP contribution in [0.2, 0.25) is 0 Å². The van der Waals surface area contributed by atoms with Crippen molar-refractivity contribution in [3.05, 3.63) is 0 Å². The molecule has 0 heterocycles. The average molecular weight is 160 g/mol. The molecule has 0 bridgehead atoms. The van der Waals surface area contributed by atoms with Crippen molar-refractivity contribution in [1.29, 1.82) is 0 Å². The molecule has 0 rings (SSSR count). The molecule has 0 aliphatic rings. The van der Waals surface area contributed by atoms with Crippen LogP contribution in [-0.2, 0) is 4.79 Å². The SMILES string of the molecule is C[C@@H](NCl)C(=O)O.Cl. The standard InChI is InChI=1S/C3H6ClNO2.ClH/c1-2(5-4)3(6)7;/h2,5H,1H3,(H,6,7);1H/t2-;/m1./s1. The minimum Gasteiger partial charge on any atom is -0.480 e. The lowest BCUT2D eigenvalue weighted by Gasteiger charge is -1.97. The lowest BCUT2D eigenvalue weighted by Crippen LogP contribution is -2.26. The maximum atomic E-state index is 9.78. The lowest BCUT2D eigenvalue weighted by molar-refractivity contribution is -0.138. The summed E-state index contributed by atoms with van der Waals surface area (Å²) >= 11 is 4.92. The van der Waals surface area contributed by atoms with E-state index in [1.165, 1.54) is 6.92 Å². The molecule has 5 heteroatoms. The van der Waals surface area contributed by atoms with Gasteiger partial charge in [0.25, 0.3) is 0 Å². The molecule has 0 amide bonds. The molecule has 0 aromatic heterocycles. The Labute approximate surface area is 58.5 Å². The highest BCUT2D eigenvalue weighted by atomic mass is 35.5. The predicted octanol–water partition coefficient (Wildman–Crippen LogP) is 0.625. The first-order valence-corrected chi connectivity index (χ1v) is 2.15. The number of carboxylic acid groups (broad SMARTS) is 1. The summed E-state index contributed by atoms with van der Waals surface area (Å²) in [5.74, 6) is -0.949. The van der Waals surface area contributed by atoms with Gasteiger partial charge in [-0.15, -0.1) is 12.4 Å². The summed E-state index contributed by atoms with van der Waals surface area (Å²) in [7, 11) is 0. The Morgan fingerprint density at radius 2 is 2.25 bits per heavy atom. The molecule has 0 unspecified atom stereocenters. The van der Waals surface area contributed by atoms with E-state index in [1.54, 1.807) is 0 Å². The Hall–Kier alpha value is 0.01000. The van der Waals surface area contributed by atoms with Crippen molar-refractivity contribution in [2.24, 2.45) is 0 Å². The molecule has 0 aromatic carbocycles. The third kappa shape index (κ3) is 4.18. The zero-order valence-electron chi connectivity index (χ0n) is 4.22. The molecule has 0 aromatic rings. The number of hydrogen-bond donors (Lipinski definition) is 2. The molecule has 8 heavy (non-hydrogen) atoms. The molecule has 0 radical (unpaired) electrons. The number of aliphatic carboxylic acids is 1. The van der Waals surface area contributed by atoms with Crippen molar-refractivity contribution in [2.45, 2.75) is 13.0 Å². The van der Waals surface area contributed by atoms with E-state index < -0.39 is 12.0 Å². The zero-order chi connectivity index (χ0) is 5.86. The van der Waals surface area contributed by atoms with Gasteiger partial charge >= 0.3 is 5.97 Å². The molecule has 50 valence electrons. The summed E-state index contributed by atoms with van der Waals surface area (Å²) < 4.78 is 0. The van der Waals surface area contributed by atoms with E-state index in [9.17, 15) is 4.79 Å². The second kappa shape index (κ2) is 5.15. The Kier molecular flexibility index (Phi) is 7.02. The predicted molar refractivity (Wildman–Crippen MR) is 33.3 cm³/mol. The second-order valence-electron chi connectivity index (χ2n) is 1.17. The average Bonchev–Trinajstić information content (AvgIpc) is 1.65. The lowest BCUT2D eigenvalue weighted by atomic mass is 10.4. The van der Waals surface area contributed by atoms with Crippen LogP contribution in [0.15, 0.2) is 0 Å². The molecule has 0 saturated heterocycles. The van der Waals surface area contributed by atoms with E-state index in [2.05, 4.69) is 0 Å². The summed E-state index contributed by atoms with van der Waals surface area (Å²) in [6, 6.07) is -0.665. The summed E-state index contributed by atoms with van der Waals surface area (Å²) in [6.07, 6.45) is 0. The quantitative estimate of drug-likeness (QED) is 0.582. The molecule has 0 aliphatic heterocycles. The fraction of sp³-hybridized carbons (Fsp3) is 0.667. The van der Waals surface area contributed by atoms with Gasteiger partial charge in [0.15, 0.2) is 0 Å². The Bertz CT molecular complexity index is 77.7. The van der Waals surface area contributed by atoms with E-state index in [-0.39, 0.29) is 12.4 Å². The van der Waals surface area contributed by atoms with Crippen molar-refractivity contribution in [3.8, 4) is 0 Å². The monoisotopic (exact) mass is 159 g/mol. The van der Waals surface area contributed by atoms with Gasteiger partial charge in [-0.3, -0.25) is 4.79 Å². The Morgan fingerprint density at radius 1 is 1.88 bits per heavy atom. The highest BCUT2D eigenvalue weighted by Crippen LogP contribution is 1.79. The van der Waals surface area contributed by atoms with Gasteiger partial charge in [0, 0.05) is 0 Å². The molecule has 0 aliphatic carbocycles. The van der Waals surface area contributed by atoms with Crippen LogP contribution in [0.4, 0.5) is 0 Å². The topological polar surface area (TPSA) is 49.3 Å². The summed E-state index contributed by atoms with van der Waals surface area (Å²) in [5.41, 5.74) is 0. The number of nitrogens with one attached hydrogen (secondary N) is 1. The third-order valence-corrected chi connectivity index (χ3v) is 0.861. The van der Waals surface area contributed by atoms with Crippen molar-refractivity contribution in [3.63, 3.8) is 0 Å². The van der Waals surface area contributed by atoms with E-state index in [4.69, 9.17) is 16.9 Å². The van der Waals surface area contributed by atoms with Gasteiger partial charge in [-0.1, -0.05) is 0 Å². The first-order chi connectivity index (χ1) is 3.18. The number of hydrogen-bond acceptors (Lipinski definition) is 2. The van der Waals surface area contributed by atoms with E-state index in [0.29, 0.717) is 0 Å². The molecule has 2 N–H and O–H groups in total. The van der Waals surface area contributed by atoms with Gasteiger partial charge in [-0.05, 0) is 18.7 Å². The fourth-order valence-corrected chi connectivity index (χ4v) is 0.140. The van der Waals surface area contributed by atoms with Crippen LogP contribution >= 0.6 is 24.2 Å². The molecule has 3 nitrogen and oxygen atoms in total. The summed E-state index contributed by atoms with van der Waals surface area (Å²) in [6.45, 7) is 1.45. The Morgan fingerprint density at radius 3 is 2.25 bits per heavy atom. The van der Waals surface area contributed by atoms with E-state index in [0.717, 1.165) is 0 Å². The van der Waals surface area contributed by atoms with Crippen molar-refractivity contribution >= 4 is 30.2 Å². The van der Waals surface area contributed by atoms with Gasteiger partial charge in [0.1, 0.15) is 6.04 Å². The third-order valence-electron chi connectivity index (χ3n) is 0.534. The second-order valence-corrected chi connectivity index (χ2v) is 1.39. The van der Waals surface area contributed by atoms with E-state index >= 15 is 0 Å². The first kappa shape index (κ1) is 10.9. The van der Waals surface area contributed by atoms with Gasteiger partial charge < -0.3 is 5.11 Å². The highest BCUT2D eigenvalue weighted by molar-refractivity contribution is 6.14. The van der Waals surface area contributed by atoms with Crippen LogP contribution < -0.4 is 4.84 Å². The normalized spacial score (nSPS) is 11.8. The summed E-state index contributed by atoms with van der Waals surface area (Å²) in [5, 5.41) is 8.04.